The molecular formula is C19H29NO. The summed E-state index contributed by atoms with van der Waals surface area (Å²) in [6.07, 6.45) is 5.23. The third kappa shape index (κ3) is 3.55. The number of carbonyl (C=O) groups excluding carboxylic acids is 1. The van der Waals surface area contributed by atoms with E-state index in [4.69, 9.17) is 0 Å². The van der Waals surface area contributed by atoms with Gasteiger partial charge in [-0.2, -0.15) is 0 Å². The SMILES string of the molecule is CCC(C)(C(=O)Cc1cc(C)ccc1C)N1CCCCC1. The topological polar surface area (TPSA) is 20.3 Å². The van der Waals surface area contributed by atoms with Gasteiger partial charge in [0.25, 0.3) is 0 Å². The van der Waals surface area contributed by atoms with Crippen molar-refractivity contribution in [1.29, 1.82) is 0 Å². The zero-order valence-electron chi connectivity index (χ0n) is 14.0. The molecular weight excluding hydrogens is 258 g/mol. The number of rotatable bonds is 5. The van der Waals surface area contributed by atoms with Crippen LogP contribution < -0.4 is 0 Å². The molecule has 1 atom stereocenters. The van der Waals surface area contributed by atoms with Gasteiger partial charge in [0.2, 0.25) is 0 Å². The van der Waals surface area contributed by atoms with E-state index in [1.807, 2.05) is 0 Å². The van der Waals surface area contributed by atoms with Crippen molar-refractivity contribution in [2.24, 2.45) is 0 Å². The molecule has 1 heterocycles. The van der Waals surface area contributed by atoms with Crippen LogP contribution in [0.5, 0.6) is 0 Å². The Morgan fingerprint density at radius 2 is 1.86 bits per heavy atom. The molecule has 0 aliphatic carbocycles. The van der Waals surface area contributed by atoms with Gasteiger partial charge < -0.3 is 0 Å². The Morgan fingerprint density at radius 3 is 2.48 bits per heavy atom. The molecule has 116 valence electrons. The first-order valence-electron chi connectivity index (χ1n) is 8.32. The summed E-state index contributed by atoms with van der Waals surface area (Å²) in [7, 11) is 0. The number of nitrogens with zero attached hydrogens (tertiary/aromatic N) is 1. The molecule has 0 N–H and O–H groups in total. The zero-order chi connectivity index (χ0) is 15.5. The van der Waals surface area contributed by atoms with E-state index in [-0.39, 0.29) is 5.54 Å². The highest BCUT2D eigenvalue weighted by atomic mass is 16.1. The molecule has 0 aromatic heterocycles. The third-order valence-electron chi connectivity index (χ3n) is 5.20. The van der Waals surface area contributed by atoms with Crippen LogP contribution in [0.4, 0.5) is 0 Å². The number of ketones is 1. The van der Waals surface area contributed by atoms with Gasteiger partial charge in [-0.3, -0.25) is 9.69 Å². The van der Waals surface area contributed by atoms with Gasteiger partial charge in [0.05, 0.1) is 5.54 Å². The highest BCUT2D eigenvalue weighted by Crippen LogP contribution is 2.27. The van der Waals surface area contributed by atoms with Crippen molar-refractivity contribution >= 4 is 5.78 Å². The van der Waals surface area contributed by atoms with E-state index in [1.165, 1.54) is 36.0 Å². The van der Waals surface area contributed by atoms with Crippen molar-refractivity contribution in [1.82, 2.24) is 4.90 Å². The van der Waals surface area contributed by atoms with Crippen LogP contribution in [-0.4, -0.2) is 29.3 Å². The quantitative estimate of drug-likeness (QED) is 0.813. The minimum atomic E-state index is -0.295. The summed E-state index contributed by atoms with van der Waals surface area (Å²) in [5, 5.41) is 0. The number of Topliss-reactive ketones (excluding diaryl/α,β-unsaturated/α-hetero) is 1. The number of likely N-dealkylation sites (tertiary alicyclic amines) is 1. The van der Waals surface area contributed by atoms with E-state index < -0.39 is 0 Å². The number of piperidine rings is 1. The minimum Gasteiger partial charge on any atom is -0.297 e. The number of hydrogen-bond acceptors (Lipinski definition) is 2. The van der Waals surface area contributed by atoms with Crippen LogP contribution in [0.1, 0.15) is 56.2 Å². The summed E-state index contributed by atoms with van der Waals surface area (Å²) in [5.41, 5.74) is 3.36. The molecule has 1 aromatic rings. The van der Waals surface area contributed by atoms with E-state index in [0.717, 1.165) is 19.5 Å². The Bertz CT molecular complexity index is 502. The first kappa shape index (κ1) is 16.2. The van der Waals surface area contributed by atoms with Crippen LogP contribution >= 0.6 is 0 Å². The molecule has 1 aliphatic heterocycles. The number of benzene rings is 1. The van der Waals surface area contributed by atoms with Gasteiger partial charge in [0, 0.05) is 6.42 Å². The molecule has 0 radical (unpaired) electrons. The highest BCUT2D eigenvalue weighted by Gasteiger charge is 2.37. The molecule has 1 aliphatic rings. The molecule has 0 saturated carbocycles. The van der Waals surface area contributed by atoms with Crippen LogP contribution in [0.25, 0.3) is 0 Å². The van der Waals surface area contributed by atoms with Crippen LogP contribution in [0.3, 0.4) is 0 Å². The lowest BCUT2D eigenvalue weighted by Gasteiger charge is -2.42. The van der Waals surface area contributed by atoms with Gasteiger partial charge in [-0.15, -0.1) is 0 Å². The van der Waals surface area contributed by atoms with Gasteiger partial charge in [-0.05, 0) is 64.3 Å². The maximum absolute atomic E-state index is 13.0. The predicted molar refractivity (Wildman–Crippen MR) is 88.7 cm³/mol. The average molecular weight is 287 g/mol. The Kier molecular flexibility index (Phi) is 5.21. The molecule has 0 amide bonds. The first-order valence-corrected chi connectivity index (χ1v) is 8.32. The normalized spacial score (nSPS) is 19.2. The molecule has 0 spiro atoms. The monoisotopic (exact) mass is 287 g/mol. The van der Waals surface area contributed by atoms with E-state index in [2.05, 4.69) is 50.8 Å². The Hall–Kier alpha value is -1.15. The second kappa shape index (κ2) is 6.74. The minimum absolute atomic E-state index is 0.295. The van der Waals surface area contributed by atoms with E-state index in [1.54, 1.807) is 0 Å². The molecule has 2 rings (SSSR count). The summed E-state index contributed by atoms with van der Waals surface area (Å²) >= 11 is 0. The fourth-order valence-corrected chi connectivity index (χ4v) is 3.34. The summed E-state index contributed by atoms with van der Waals surface area (Å²) in [5.74, 6) is 0.376. The maximum atomic E-state index is 13.0. The van der Waals surface area contributed by atoms with Crippen molar-refractivity contribution in [2.75, 3.05) is 13.1 Å². The van der Waals surface area contributed by atoms with Crippen LogP contribution in [0, 0.1) is 13.8 Å². The smallest absolute Gasteiger partial charge is 0.157 e. The molecule has 1 aromatic carbocycles. The lowest BCUT2D eigenvalue weighted by Crippen LogP contribution is -2.54. The fraction of sp³-hybridized carbons (Fsp3) is 0.632. The second-order valence-corrected chi connectivity index (χ2v) is 6.71. The molecule has 1 saturated heterocycles. The lowest BCUT2D eigenvalue weighted by atomic mass is 9.85. The average Bonchev–Trinajstić information content (AvgIpc) is 2.51. The highest BCUT2D eigenvalue weighted by molar-refractivity contribution is 5.90. The molecule has 21 heavy (non-hydrogen) atoms. The summed E-state index contributed by atoms with van der Waals surface area (Å²) in [4.78, 5) is 15.4. The number of carbonyl (C=O) groups is 1. The summed E-state index contributed by atoms with van der Waals surface area (Å²) in [6.45, 7) is 10.6. The van der Waals surface area contributed by atoms with Crippen LogP contribution in [-0.2, 0) is 11.2 Å². The zero-order valence-corrected chi connectivity index (χ0v) is 14.0. The van der Waals surface area contributed by atoms with Crippen molar-refractivity contribution in [3.63, 3.8) is 0 Å². The Morgan fingerprint density at radius 1 is 1.19 bits per heavy atom. The largest absolute Gasteiger partial charge is 0.297 e. The lowest BCUT2D eigenvalue weighted by molar-refractivity contribution is -0.130. The van der Waals surface area contributed by atoms with Crippen molar-refractivity contribution in [3.05, 3.63) is 34.9 Å². The first-order chi connectivity index (χ1) is 9.97. The second-order valence-electron chi connectivity index (χ2n) is 6.71. The Balaban J connectivity index is 2.17. The van der Waals surface area contributed by atoms with E-state index in [0.29, 0.717) is 12.2 Å². The van der Waals surface area contributed by atoms with Crippen molar-refractivity contribution in [3.8, 4) is 0 Å². The fourth-order valence-electron chi connectivity index (χ4n) is 3.34. The van der Waals surface area contributed by atoms with Crippen molar-refractivity contribution in [2.45, 2.75) is 65.3 Å². The van der Waals surface area contributed by atoms with Gasteiger partial charge in [0.1, 0.15) is 0 Å². The predicted octanol–water partition coefficient (Wildman–Crippen LogP) is 4.07. The number of aryl methyl sites for hydroxylation is 2. The van der Waals surface area contributed by atoms with E-state index in [9.17, 15) is 4.79 Å². The molecule has 0 bridgehead atoms. The van der Waals surface area contributed by atoms with Gasteiger partial charge in [-0.1, -0.05) is 37.1 Å². The number of hydrogen-bond donors (Lipinski definition) is 0. The van der Waals surface area contributed by atoms with Crippen LogP contribution in [0.15, 0.2) is 18.2 Å². The van der Waals surface area contributed by atoms with Gasteiger partial charge >= 0.3 is 0 Å². The molecule has 2 nitrogen and oxygen atoms in total. The van der Waals surface area contributed by atoms with Crippen LogP contribution in [0.2, 0.25) is 0 Å². The third-order valence-corrected chi connectivity index (χ3v) is 5.20. The van der Waals surface area contributed by atoms with Crippen molar-refractivity contribution < 1.29 is 4.79 Å². The molecule has 1 unspecified atom stereocenters. The van der Waals surface area contributed by atoms with Gasteiger partial charge in [-0.25, -0.2) is 0 Å². The maximum Gasteiger partial charge on any atom is 0.157 e. The molecule has 1 fully saturated rings. The van der Waals surface area contributed by atoms with E-state index >= 15 is 0 Å². The summed E-state index contributed by atoms with van der Waals surface area (Å²) in [6, 6.07) is 6.41. The Labute approximate surface area is 129 Å². The molecule has 2 heteroatoms. The van der Waals surface area contributed by atoms with Gasteiger partial charge in [0.15, 0.2) is 5.78 Å². The summed E-state index contributed by atoms with van der Waals surface area (Å²) < 4.78 is 0. The standard InChI is InChI=1S/C19H29NO/c1-5-19(4,20-11-7-6-8-12-20)18(21)14-17-13-15(2)9-10-16(17)3/h9-10,13H,5-8,11-12,14H2,1-4H3.